The molecule has 0 bridgehead atoms. The monoisotopic (exact) mass is 1200 g/mol. The molecule has 0 amide bonds. The zero-order valence-electron chi connectivity index (χ0n) is 38.8. The molecule has 0 aromatic rings. The van der Waals surface area contributed by atoms with Gasteiger partial charge in [0.1, 0.15) is 0 Å². The molecule has 48 heteroatoms. The van der Waals surface area contributed by atoms with Gasteiger partial charge in [-0.2, -0.15) is 0 Å². The van der Waals surface area contributed by atoms with Gasteiger partial charge in [0.2, 0.25) is 0 Å². The maximum Gasteiger partial charge on any atom is 1.00 e. The van der Waals surface area contributed by atoms with Crippen LogP contribution in [0.4, 0.5) is 0 Å². The Kier molecular flexibility index (Phi) is 73.2. The number of nitrogens with zero attached hydrogens (tertiary/aromatic N) is 6. The van der Waals surface area contributed by atoms with Crippen LogP contribution >= 0.6 is 60.8 Å². The van der Waals surface area contributed by atoms with Gasteiger partial charge in [-0.15, -0.1) is 0 Å². The van der Waals surface area contributed by atoms with Crippen molar-refractivity contribution in [1.82, 2.24) is 29.4 Å². The molecule has 0 N–H and O–H groups in total. The van der Waals surface area contributed by atoms with Gasteiger partial charge in [0, 0.05) is 116 Å². The molecule has 30 nitrogen and oxygen atoms in total. The Morgan fingerprint density at radius 2 is 0.258 bits per heavy atom. The molecule has 0 saturated heterocycles. The minimum atomic E-state index is -5.52. The molecular formula is C18H36N6Na10O24P8-6. The Morgan fingerprint density at radius 1 is 0.182 bits per heavy atom. The average Bonchev–Trinajstić information content (AvgIpc) is 2.87. The van der Waals surface area contributed by atoms with Gasteiger partial charge in [0.05, 0.1) is 0 Å². The van der Waals surface area contributed by atoms with E-state index in [0.717, 1.165) is 9.80 Å². The quantitative estimate of drug-likeness (QED) is 0.0459. The summed E-state index contributed by atoms with van der Waals surface area (Å²) in [5.74, 6) is 0. The van der Waals surface area contributed by atoms with Gasteiger partial charge in [-0.1, -0.05) is 60.8 Å². The normalized spacial score (nSPS) is 12.5. The topological polar surface area (TPSA) is 525 Å². The summed E-state index contributed by atoms with van der Waals surface area (Å²) in [5.41, 5.74) is 0. The Morgan fingerprint density at radius 3 is 0.348 bits per heavy atom. The van der Waals surface area contributed by atoms with Gasteiger partial charge in [0.15, 0.2) is 0 Å². The van der Waals surface area contributed by atoms with Crippen LogP contribution in [0.1, 0.15) is 0 Å². The summed E-state index contributed by atoms with van der Waals surface area (Å²) in [5, 5.41) is 0. The van der Waals surface area contributed by atoms with E-state index >= 15 is 0 Å². The summed E-state index contributed by atoms with van der Waals surface area (Å²) >= 11 is 0. The van der Waals surface area contributed by atoms with E-state index in [2.05, 4.69) is 0 Å². The Labute approximate surface area is 604 Å². The van der Waals surface area contributed by atoms with Crippen LogP contribution in [0.25, 0.3) is 0 Å². The fourth-order valence-corrected chi connectivity index (χ4v) is 11.1. The molecule has 0 unspecified atom stereocenters. The average molecular weight is 1200 g/mol. The predicted molar refractivity (Wildman–Crippen MR) is 159 cm³/mol. The first-order valence-electron chi connectivity index (χ1n) is 15.1. The van der Waals surface area contributed by atoms with E-state index in [1.807, 2.05) is 0 Å². The third-order valence-corrected chi connectivity index (χ3v) is 12.6. The first kappa shape index (κ1) is 102. The van der Waals surface area contributed by atoms with E-state index in [-0.39, 0.29) is 296 Å². The van der Waals surface area contributed by atoms with Crippen molar-refractivity contribution in [3.8, 4) is 0 Å². The molecule has 0 aromatic heterocycles. The van der Waals surface area contributed by atoms with Crippen LogP contribution in [0.15, 0.2) is 0 Å². The van der Waals surface area contributed by atoms with Crippen LogP contribution in [0.3, 0.4) is 0 Å². The van der Waals surface area contributed by atoms with Crippen molar-refractivity contribution in [3.63, 3.8) is 0 Å². The molecule has 0 atom stereocenters. The molecule has 66 heavy (non-hydrogen) atoms. The predicted octanol–water partition coefficient (Wildman–Crippen LogP) is -44.2. The van der Waals surface area contributed by atoms with Crippen molar-refractivity contribution in [2.75, 3.05) is 116 Å². The maximum atomic E-state index is 11.6. The van der Waals surface area contributed by atoms with Gasteiger partial charge in [-0.25, -0.2) is 0 Å². The largest absolute Gasteiger partial charge is 1.00 e. The summed E-state index contributed by atoms with van der Waals surface area (Å²) in [4.78, 5) is 185. The molecule has 0 radical (unpaired) electrons. The minimum absolute atomic E-state index is 0. The van der Waals surface area contributed by atoms with Crippen molar-refractivity contribution in [2.45, 2.75) is 0 Å². The molecule has 0 aromatic carbocycles. The molecule has 338 valence electrons. The van der Waals surface area contributed by atoms with E-state index in [1.165, 1.54) is 0 Å². The van der Waals surface area contributed by atoms with Gasteiger partial charge in [-0.3, -0.25) is 29.4 Å². The molecule has 0 aliphatic heterocycles. The summed E-state index contributed by atoms with van der Waals surface area (Å²) in [6, 6.07) is 0. The van der Waals surface area contributed by atoms with Crippen molar-refractivity contribution in [2.24, 2.45) is 0 Å². The summed E-state index contributed by atoms with van der Waals surface area (Å²) in [6.07, 6.45) is -11.6. The fourth-order valence-electron chi connectivity index (χ4n) is 4.76. The standard InChI is InChI=1S/C18H52N6O24P8.10Na/c25-49(26,27)11-19(3-5-21(13-51(31,32)33)7-9-23(15-53(37,38)39)16-54(40,41)42)1-2-20(12-50(28,29)30)4-6-22(14-52(34,35)36)8-10-24(17-55(43,44)45)18-56(46,47)48;;;;;;;;;;/h1-18H2,(H2,25,26,27)(H2,28,29,30)(H2,31,32,33)(H2,34,35,36)(H2,37,38,39)(H2,40,41,42)(H2,43,44,45)(H2,46,47,48);;;;;;;;;;/q;10*+1/p-16. The zero-order chi connectivity index (χ0) is 44.2. The Hall–Kier alpha value is 11.0. The Balaban J connectivity index is -0.000000336. The van der Waals surface area contributed by atoms with Crippen LogP contribution in [-0.4, -0.2) is 145 Å². The van der Waals surface area contributed by atoms with Gasteiger partial charge < -0.3 is 115 Å². The van der Waals surface area contributed by atoms with Gasteiger partial charge in [0.25, 0.3) is 0 Å². The molecule has 0 spiro atoms. The molecule has 0 saturated carbocycles. The van der Waals surface area contributed by atoms with Crippen LogP contribution in [-0.2, 0) is 36.5 Å². The van der Waals surface area contributed by atoms with Crippen LogP contribution in [0.2, 0.25) is 0 Å². The number of hydrogen-bond donors (Lipinski definition) is 0. The van der Waals surface area contributed by atoms with E-state index in [0.29, 0.717) is 19.6 Å². The SMILES string of the molecule is O=P([O-])([O-])CN(CCN(CCN(CCN(CP(=O)([O-])[O-])CP(=O)([O-])[O-])CP(=O)([O-])[O-])CP(=O)([O-])[O-])CCN(CCN(CP(=O)([O-])[O-])CP(=O)([O-])[O-])CP(=O)([O-])[O-].[Na+].[Na+].[Na+].[Na+].[Na+].[Na+].[Na+].[Na+].[Na+].[Na+]. The molecule has 0 aliphatic rings. The minimum Gasteiger partial charge on any atom is -0.810 e. The zero-order valence-corrected chi connectivity index (χ0v) is 65.9. The van der Waals surface area contributed by atoms with Crippen LogP contribution < -0.4 is 374 Å². The third kappa shape index (κ3) is 71.1. The molecule has 0 rings (SSSR count). The third-order valence-electron chi connectivity index (χ3n) is 6.65. The van der Waals surface area contributed by atoms with Gasteiger partial charge in [-0.05, 0) is 0 Å². The summed E-state index contributed by atoms with van der Waals surface area (Å²) < 4.78 is 91.0. The maximum absolute atomic E-state index is 11.6. The van der Waals surface area contributed by atoms with E-state index < -0.39 is 177 Å². The second-order valence-corrected chi connectivity index (χ2v) is 24.3. The second kappa shape index (κ2) is 47.3. The van der Waals surface area contributed by atoms with Crippen molar-refractivity contribution in [1.29, 1.82) is 0 Å². The van der Waals surface area contributed by atoms with Crippen molar-refractivity contribution >= 4 is 60.8 Å². The molecule has 0 aliphatic carbocycles. The number of hydrogen-bond acceptors (Lipinski definition) is 30. The number of rotatable bonds is 31. The van der Waals surface area contributed by atoms with Crippen LogP contribution in [0.5, 0.6) is 0 Å². The fraction of sp³-hybridized carbons (Fsp3) is 1.00. The first-order chi connectivity index (χ1) is 24.7. The molecular weight excluding hydrogens is 1160 g/mol. The molecule has 0 heterocycles. The summed E-state index contributed by atoms with van der Waals surface area (Å²) in [6.45, 7) is -7.35. The first-order valence-corrected chi connectivity index (χ1v) is 28.9. The molecule has 0 fully saturated rings. The van der Waals surface area contributed by atoms with Crippen molar-refractivity contribution < 1.29 is 410 Å². The van der Waals surface area contributed by atoms with Crippen molar-refractivity contribution in [3.05, 3.63) is 0 Å². The smallest absolute Gasteiger partial charge is 0.810 e. The van der Waals surface area contributed by atoms with E-state index in [4.69, 9.17) is 0 Å². The van der Waals surface area contributed by atoms with E-state index in [1.54, 1.807) is 0 Å². The van der Waals surface area contributed by atoms with Crippen LogP contribution in [0, 0.1) is 0 Å². The Bertz CT molecular complexity index is 1470. The van der Waals surface area contributed by atoms with Gasteiger partial charge >= 0.3 is 296 Å². The second-order valence-electron chi connectivity index (χ2n) is 12.3. The van der Waals surface area contributed by atoms with E-state index in [9.17, 15) is 115 Å². The summed E-state index contributed by atoms with van der Waals surface area (Å²) in [7, 11) is -44.1.